The highest BCUT2D eigenvalue weighted by molar-refractivity contribution is 5.79. The van der Waals surface area contributed by atoms with E-state index in [4.69, 9.17) is 0 Å². The molecule has 0 saturated carbocycles. The molecule has 2 nitrogen and oxygen atoms in total. The molecule has 2 bridgehead atoms. The fourth-order valence-electron chi connectivity index (χ4n) is 4.02. The van der Waals surface area contributed by atoms with Crippen molar-refractivity contribution in [2.24, 2.45) is 5.92 Å². The molecular weight excluding hydrogens is 246 g/mol. The molecule has 0 unspecified atom stereocenters. The number of rotatable bonds is 1. The number of para-hydroxylation sites is 1. The van der Waals surface area contributed by atoms with Crippen LogP contribution in [0.4, 0.5) is 0 Å². The summed E-state index contributed by atoms with van der Waals surface area (Å²) in [7, 11) is 0. The predicted molar refractivity (Wildman–Crippen MR) is 82.1 cm³/mol. The zero-order valence-electron chi connectivity index (χ0n) is 11.8. The number of hydrogen-bond donors (Lipinski definition) is 1. The van der Waals surface area contributed by atoms with Gasteiger partial charge in [0, 0.05) is 22.2 Å². The second kappa shape index (κ2) is 4.34. The van der Waals surface area contributed by atoms with Crippen LogP contribution in [0.1, 0.15) is 43.4 Å². The molecule has 1 aromatic heterocycles. The van der Waals surface area contributed by atoms with Gasteiger partial charge in [0.1, 0.15) is 0 Å². The maximum absolute atomic E-state index is 12.8. The first-order valence-electron chi connectivity index (χ1n) is 7.59. The summed E-state index contributed by atoms with van der Waals surface area (Å²) in [6.07, 6.45) is 6.79. The smallest absolute Gasteiger partial charge is 0.193 e. The largest absolute Gasteiger partial charge is 0.358 e. The molecule has 20 heavy (non-hydrogen) atoms. The van der Waals surface area contributed by atoms with E-state index in [9.17, 15) is 4.79 Å². The minimum absolute atomic E-state index is 0.259. The van der Waals surface area contributed by atoms with Crippen molar-refractivity contribution in [3.63, 3.8) is 0 Å². The Kier molecular flexibility index (Phi) is 2.59. The number of hydrogen-bond acceptors (Lipinski definition) is 1. The van der Waals surface area contributed by atoms with Crippen LogP contribution in [0.5, 0.6) is 0 Å². The standard InChI is InChI=1S/C18H19NO/c1-2-11-7-12-9-13(8-11)17-16(10-12)19-15-6-4-3-5-14(15)18(17)20/h3-7,12-13H,2,8-10H2,1H3,(H,19,20)/t12-,13+/m1/s1. The lowest BCUT2D eigenvalue weighted by atomic mass is 9.71. The van der Waals surface area contributed by atoms with Crippen LogP contribution in [-0.2, 0) is 6.42 Å². The third-order valence-corrected chi connectivity index (χ3v) is 4.92. The van der Waals surface area contributed by atoms with E-state index >= 15 is 0 Å². The molecule has 2 aliphatic carbocycles. The van der Waals surface area contributed by atoms with Crippen molar-refractivity contribution in [3.8, 4) is 0 Å². The van der Waals surface area contributed by atoms with Crippen LogP contribution in [0.15, 0.2) is 40.7 Å². The molecule has 2 heteroatoms. The summed E-state index contributed by atoms with van der Waals surface area (Å²) in [6.45, 7) is 2.22. The van der Waals surface area contributed by atoms with Crippen LogP contribution in [0, 0.1) is 5.92 Å². The van der Waals surface area contributed by atoms with Crippen molar-refractivity contribution in [1.29, 1.82) is 0 Å². The molecule has 0 amide bonds. The Labute approximate surface area is 118 Å². The van der Waals surface area contributed by atoms with Crippen LogP contribution in [0.25, 0.3) is 10.9 Å². The van der Waals surface area contributed by atoms with Gasteiger partial charge >= 0.3 is 0 Å². The minimum Gasteiger partial charge on any atom is -0.358 e. The molecule has 2 aliphatic rings. The number of pyridine rings is 1. The third-order valence-electron chi connectivity index (χ3n) is 4.92. The average Bonchev–Trinajstić information content (AvgIpc) is 2.46. The molecule has 0 radical (unpaired) electrons. The molecule has 0 spiro atoms. The Morgan fingerprint density at radius 3 is 2.95 bits per heavy atom. The number of aromatic nitrogens is 1. The summed E-state index contributed by atoms with van der Waals surface area (Å²) in [6, 6.07) is 7.89. The van der Waals surface area contributed by atoms with Gasteiger partial charge in [0.05, 0.1) is 0 Å². The quantitative estimate of drug-likeness (QED) is 0.779. The highest BCUT2D eigenvalue weighted by Crippen LogP contribution is 2.42. The fourth-order valence-corrected chi connectivity index (χ4v) is 4.02. The molecule has 0 saturated heterocycles. The van der Waals surface area contributed by atoms with E-state index in [1.807, 2.05) is 24.3 Å². The molecule has 0 aliphatic heterocycles. The Balaban J connectivity index is 1.94. The number of aromatic amines is 1. The van der Waals surface area contributed by atoms with E-state index in [1.165, 1.54) is 11.3 Å². The lowest BCUT2D eigenvalue weighted by molar-refractivity contribution is 0.426. The van der Waals surface area contributed by atoms with Gasteiger partial charge in [-0.2, -0.15) is 0 Å². The van der Waals surface area contributed by atoms with E-state index in [-0.39, 0.29) is 5.43 Å². The Morgan fingerprint density at radius 1 is 1.25 bits per heavy atom. The zero-order chi connectivity index (χ0) is 13.7. The molecule has 0 fully saturated rings. The molecular formula is C18H19NO. The van der Waals surface area contributed by atoms with E-state index in [2.05, 4.69) is 18.0 Å². The third kappa shape index (κ3) is 1.67. The van der Waals surface area contributed by atoms with Crippen LogP contribution < -0.4 is 5.43 Å². The molecule has 1 heterocycles. The number of allylic oxidation sites excluding steroid dienone is 2. The normalized spacial score (nSPS) is 24.4. The van der Waals surface area contributed by atoms with Gasteiger partial charge in [0.2, 0.25) is 0 Å². The summed E-state index contributed by atoms with van der Waals surface area (Å²) in [5.41, 5.74) is 5.02. The van der Waals surface area contributed by atoms with Crippen molar-refractivity contribution in [3.05, 3.63) is 57.4 Å². The van der Waals surface area contributed by atoms with Crippen LogP contribution in [-0.4, -0.2) is 4.98 Å². The van der Waals surface area contributed by atoms with Gasteiger partial charge in [-0.3, -0.25) is 4.79 Å². The van der Waals surface area contributed by atoms with Crippen molar-refractivity contribution < 1.29 is 0 Å². The minimum atomic E-state index is 0.259. The molecule has 1 aromatic carbocycles. The number of fused-ring (bicyclic) bond motifs is 5. The van der Waals surface area contributed by atoms with E-state index in [1.54, 1.807) is 0 Å². The SMILES string of the molecule is CCC1=C[C@H]2Cc3[nH]c4ccccc4c(=O)c3[C@@H](C1)C2. The summed E-state index contributed by atoms with van der Waals surface area (Å²) in [5.74, 6) is 1.05. The summed E-state index contributed by atoms with van der Waals surface area (Å²) in [4.78, 5) is 16.3. The van der Waals surface area contributed by atoms with Gasteiger partial charge in [-0.1, -0.05) is 30.7 Å². The first kappa shape index (κ1) is 12.0. The molecule has 2 aromatic rings. The van der Waals surface area contributed by atoms with E-state index in [0.717, 1.165) is 42.1 Å². The summed E-state index contributed by atoms with van der Waals surface area (Å²) < 4.78 is 0. The van der Waals surface area contributed by atoms with E-state index in [0.29, 0.717) is 11.8 Å². The first-order chi connectivity index (χ1) is 9.76. The number of H-pyrrole nitrogens is 1. The summed E-state index contributed by atoms with van der Waals surface area (Å²) in [5, 5.41) is 0.845. The fraction of sp³-hybridized carbons (Fsp3) is 0.389. The van der Waals surface area contributed by atoms with Gasteiger partial charge < -0.3 is 4.98 Å². The van der Waals surface area contributed by atoms with Gasteiger partial charge in [-0.25, -0.2) is 0 Å². The summed E-state index contributed by atoms with van der Waals surface area (Å²) >= 11 is 0. The van der Waals surface area contributed by atoms with Gasteiger partial charge in [-0.15, -0.1) is 0 Å². The predicted octanol–water partition coefficient (Wildman–Crippen LogP) is 3.91. The molecule has 102 valence electrons. The van der Waals surface area contributed by atoms with Crippen molar-refractivity contribution >= 4 is 10.9 Å². The number of nitrogens with one attached hydrogen (secondary N) is 1. The maximum atomic E-state index is 12.8. The van der Waals surface area contributed by atoms with Crippen LogP contribution in [0.2, 0.25) is 0 Å². The van der Waals surface area contributed by atoms with Gasteiger partial charge in [0.25, 0.3) is 0 Å². The van der Waals surface area contributed by atoms with Crippen molar-refractivity contribution in [1.82, 2.24) is 4.98 Å². The highest BCUT2D eigenvalue weighted by Gasteiger charge is 2.32. The van der Waals surface area contributed by atoms with Gasteiger partial charge in [0.15, 0.2) is 5.43 Å². The average molecular weight is 265 g/mol. The lowest BCUT2D eigenvalue weighted by Gasteiger charge is -2.34. The first-order valence-corrected chi connectivity index (χ1v) is 7.59. The zero-order valence-corrected chi connectivity index (χ0v) is 11.8. The maximum Gasteiger partial charge on any atom is 0.193 e. The Hall–Kier alpha value is -1.83. The molecule has 1 N–H and O–H groups in total. The topological polar surface area (TPSA) is 32.9 Å². The van der Waals surface area contributed by atoms with Crippen LogP contribution in [0.3, 0.4) is 0 Å². The Bertz CT molecular complexity index is 769. The van der Waals surface area contributed by atoms with E-state index < -0.39 is 0 Å². The van der Waals surface area contributed by atoms with Crippen LogP contribution >= 0.6 is 0 Å². The Morgan fingerprint density at radius 2 is 2.10 bits per heavy atom. The molecule has 2 atom stereocenters. The second-order valence-corrected chi connectivity index (χ2v) is 6.17. The number of benzene rings is 1. The van der Waals surface area contributed by atoms with Crippen molar-refractivity contribution in [2.75, 3.05) is 0 Å². The van der Waals surface area contributed by atoms with Gasteiger partial charge in [-0.05, 0) is 49.7 Å². The molecule has 4 rings (SSSR count). The second-order valence-electron chi connectivity index (χ2n) is 6.17. The highest BCUT2D eigenvalue weighted by atomic mass is 16.1. The van der Waals surface area contributed by atoms with Crippen molar-refractivity contribution in [2.45, 2.75) is 38.5 Å². The lowest BCUT2D eigenvalue weighted by Crippen LogP contribution is -2.29. The monoisotopic (exact) mass is 265 g/mol.